The molecule has 0 radical (unpaired) electrons. The lowest BCUT2D eigenvalue weighted by molar-refractivity contribution is 0.0182. The lowest BCUT2D eigenvalue weighted by Gasteiger charge is -2.18. The molecule has 0 amide bonds. The van der Waals surface area contributed by atoms with Crippen LogP contribution < -0.4 is 4.74 Å². The zero-order valence-corrected chi connectivity index (χ0v) is 23.0. The van der Waals surface area contributed by atoms with E-state index in [1.54, 1.807) is 0 Å². The smallest absolute Gasteiger partial charge is 0.469 e. The molecule has 35 heavy (non-hydrogen) atoms. The molecule has 7 heteroatoms. The average molecular weight is 515 g/mol. The molecule has 0 aromatic heterocycles. The molecular formula is C28H51O6P. The van der Waals surface area contributed by atoms with Gasteiger partial charge in [0.25, 0.3) is 0 Å². The zero-order valence-electron chi connectivity index (χ0n) is 22.1. The average Bonchev–Trinajstić information content (AvgIpc) is 2.83. The van der Waals surface area contributed by atoms with Crippen molar-refractivity contribution < 1.29 is 28.3 Å². The molecule has 1 atom stereocenters. The minimum Gasteiger partial charge on any atom is -0.491 e. The molecule has 0 heterocycles. The minimum absolute atomic E-state index is 0.155. The number of phosphoric acid groups is 1. The van der Waals surface area contributed by atoms with Gasteiger partial charge in [-0.25, -0.2) is 4.57 Å². The van der Waals surface area contributed by atoms with Crippen LogP contribution in [0.5, 0.6) is 5.75 Å². The molecule has 204 valence electrons. The van der Waals surface area contributed by atoms with Gasteiger partial charge in [0, 0.05) is 0 Å². The highest BCUT2D eigenvalue weighted by Crippen LogP contribution is 2.38. The number of unbranched alkanes of at least 4 members (excludes halogenated alkanes) is 15. The van der Waals surface area contributed by atoms with Crippen LogP contribution >= 0.6 is 7.82 Å². The second kappa shape index (κ2) is 22.3. The summed E-state index contributed by atoms with van der Waals surface area (Å²) in [7, 11) is -4.53. The first-order valence-electron chi connectivity index (χ1n) is 14.0. The van der Waals surface area contributed by atoms with Gasteiger partial charge >= 0.3 is 7.82 Å². The van der Waals surface area contributed by atoms with E-state index in [9.17, 15) is 14.4 Å². The van der Waals surface area contributed by atoms with E-state index >= 15 is 0 Å². The predicted molar refractivity (Wildman–Crippen MR) is 144 cm³/mol. The number of hydrogen-bond donors (Lipinski definition) is 2. The van der Waals surface area contributed by atoms with Gasteiger partial charge in [0.15, 0.2) is 0 Å². The Morgan fingerprint density at radius 3 is 1.69 bits per heavy atom. The van der Waals surface area contributed by atoms with Crippen molar-refractivity contribution in [3.05, 3.63) is 30.3 Å². The number of hydrogen-bond acceptors (Lipinski definition) is 4. The van der Waals surface area contributed by atoms with E-state index in [0.717, 1.165) is 25.0 Å². The fourth-order valence-corrected chi connectivity index (χ4v) is 4.79. The van der Waals surface area contributed by atoms with Crippen molar-refractivity contribution in [2.75, 3.05) is 19.8 Å². The Morgan fingerprint density at radius 2 is 1.20 bits per heavy atom. The van der Waals surface area contributed by atoms with Crippen molar-refractivity contribution in [3.63, 3.8) is 0 Å². The van der Waals surface area contributed by atoms with Crippen LogP contribution in [0.25, 0.3) is 0 Å². The second-order valence-corrected chi connectivity index (χ2v) is 10.7. The maximum Gasteiger partial charge on any atom is 0.469 e. The van der Waals surface area contributed by atoms with Gasteiger partial charge in [0.1, 0.15) is 12.4 Å². The first-order chi connectivity index (χ1) is 17.0. The molecule has 0 fully saturated rings. The van der Waals surface area contributed by atoms with Crippen LogP contribution in [-0.2, 0) is 13.8 Å². The number of ether oxygens (including phenoxy) is 2. The minimum atomic E-state index is -4.53. The Labute approximate surface area is 214 Å². The number of phosphoric ester groups is 1. The molecule has 0 bridgehead atoms. The van der Waals surface area contributed by atoms with Crippen molar-refractivity contribution in [1.29, 1.82) is 0 Å². The van der Waals surface area contributed by atoms with Crippen molar-refractivity contribution in [2.45, 2.75) is 122 Å². The molecular weight excluding hydrogens is 463 g/mol. The Morgan fingerprint density at radius 1 is 0.714 bits per heavy atom. The van der Waals surface area contributed by atoms with Crippen LogP contribution in [0.4, 0.5) is 0 Å². The quantitative estimate of drug-likeness (QED) is 0.101. The van der Waals surface area contributed by atoms with Gasteiger partial charge in [-0.3, -0.25) is 4.52 Å². The van der Waals surface area contributed by atoms with E-state index in [4.69, 9.17) is 14.0 Å². The van der Waals surface area contributed by atoms with Crippen LogP contribution in [-0.4, -0.2) is 35.7 Å². The van der Waals surface area contributed by atoms with Gasteiger partial charge in [-0.15, -0.1) is 0 Å². The molecule has 1 unspecified atom stereocenters. The molecule has 0 aliphatic rings. The third kappa shape index (κ3) is 22.0. The second-order valence-electron chi connectivity index (χ2n) is 9.55. The Hall–Kier alpha value is -0.910. The summed E-state index contributed by atoms with van der Waals surface area (Å²) in [6.07, 6.45) is 20.8. The summed E-state index contributed by atoms with van der Waals surface area (Å²) in [5, 5.41) is 0. The molecule has 2 N–H and O–H groups in total. The topological polar surface area (TPSA) is 85.2 Å². The summed E-state index contributed by atoms with van der Waals surface area (Å²) in [5.74, 6) is 0.771. The summed E-state index contributed by atoms with van der Waals surface area (Å²) in [4.78, 5) is 18.4. The summed E-state index contributed by atoms with van der Waals surface area (Å²) in [6, 6.07) is 9.47. The summed E-state index contributed by atoms with van der Waals surface area (Å²) < 4.78 is 27.3. The van der Waals surface area contributed by atoms with Gasteiger partial charge < -0.3 is 19.3 Å². The van der Waals surface area contributed by atoms with Gasteiger partial charge in [-0.05, 0) is 18.6 Å². The predicted octanol–water partition coefficient (Wildman–Crippen LogP) is 8.21. The van der Waals surface area contributed by atoms with E-state index in [1.807, 2.05) is 30.3 Å². The fraction of sp³-hybridized carbons (Fsp3) is 0.786. The highest BCUT2D eigenvalue weighted by Gasteiger charge is 2.22. The lowest BCUT2D eigenvalue weighted by Crippen LogP contribution is -2.21. The van der Waals surface area contributed by atoms with Crippen LogP contribution in [0, 0.1) is 0 Å². The van der Waals surface area contributed by atoms with E-state index in [-0.39, 0.29) is 6.61 Å². The molecule has 0 aliphatic carbocycles. The Bertz CT molecular complexity index is 621. The van der Waals surface area contributed by atoms with Crippen LogP contribution in [0.2, 0.25) is 0 Å². The lowest BCUT2D eigenvalue weighted by atomic mass is 10.0. The summed E-state index contributed by atoms with van der Waals surface area (Å²) in [5.41, 5.74) is 0. The Balaban J connectivity index is 1.97. The number of rotatable bonds is 25. The highest BCUT2D eigenvalue weighted by atomic mass is 31.2. The zero-order chi connectivity index (χ0) is 25.5. The largest absolute Gasteiger partial charge is 0.491 e. The molecule has 0 aliphatic heterocycles. The van der Waals surface area contributed by atoms with E-state index < -0.39 is 13.9 Å². The Kier molecular flexibility index (Phi) is 20.5. The van der Waals surface area contributed by atoms with Gasteiger partial charge in [0.05, 0.1) is 19.3 Å². The first kappa shape index (κ1) is 32.1. The van der Waals surface area contributed by atoms with E-state index in [2.05, 4.69) is 6.92 Å². The summed E-state index contributed by atoms with van der Waals surface area (Å²) in [6.45, 7) is 3.14. The molecule has 0 saturated carbocycles. The molecule has 1 aromatic carbocycles. The van der Waals surface area contributed by atoms with Gasteiger partial charge in [0.2, 0.25) is 0 Å². The van der Waals surface area contributed by atoms with Gasteiger partial charge in [-0.1, -0.05) is 128 Å². The van der Waals surface area contributed by atoms with Gasteiger partial charge in [-0.2, -0.15) is 0 Å². The van der Waals surface area contributed by atoms with Crippen molar-refractivity contribution in [2.24, 2.45) is 0 Å². The molecule has 6 nitrogen and oxygen atoms in total. The SMILES string of the molecule is CCCCCCCCCCCCCCCCCCC(COCCOc1ccccc1)OP(=O)(O)O. The van der Waals surface area contributed by atoms with E-state index in [0.29, 0.717) is 19.6 Å². The highest BCUT2D eigenvalue weighted by molar-refractivity contribution is 7.46. The van der Waals surface area contributed by atoms with Crippen LogP contribution in [0.3, 0.4) is 0 Å². The first-order valence-corrected chi connectivity index (χ1v) is 15.5. The van der Waals surface area contributed by atoms with Crippen LogP contribution in [0.15, 0.2) is 30.3 Å². The molecule has 0 saturated heterocycles. The van der Waals surface area contributed by atoms with Crippen LogP contribution in [0.1, 0.15) is 116 Å². The monoisotopic (exact) mass is 514 g/mol. The fourth-order valence-electron chi connectivity index (χ4n) is 4.23. The number of benzene rings is 1. The number of para-hydroxylation sites is 1. The van der Waals surface area contributed by atoms with E-state index in [1.165, 1.54) is 83.5 Å². The van der Waals surface area contributed by atoms with Crippen molar-refractivity contribution in [3.8, 4) is 5.75 Å². The third-order valence-electron chi connectivity index (χ3n) is 6.21. The molecule has 1 rings (SSSR count). The van der Waals surface area contributed by atoms with Crippen molar-refractivity contribution >= 4 is 7.82 Å². The summed E-state index contributed by atoms with van der Waals surface area (Å²) >= 11 is 0. The molecule has 0 spiro atoms. The maximum absolute atomic E-state index is 11.3. The third-order valence-corrected chi connectivity index (χ3v) is 6.78. The molecule has 1 aromatic rings. The van der Waals surface area contributed by atoms with Crippen molar-refractivity contribution in [1.82, 2.24) is 0 Å². The standard InChI is InChI=1S/C28H51O6P/c1-2-3-4-5-6-7-8-9-10-11-12-13-14-15-16-18-23-28(34-35(29,30)31)26-32-24-25-33-27-21-19-17-20-22-27/h17,19-22,28H,2-16,18,23-26H2,1H3,(H2,29,30,31). The maximum atomic E-state index is 11.3. The normalized spacial score (nSPS) is 12.7.